The Labute approximate surface area is 245 Å². The molecule has 0 atom stereocenters. The van der Waals surface area contributed by atoms with Gasteiger partial charge in [-0.1, -0.05) is 70.4 Å². The van der Waals surface area contributed by atoms with E-state index < -0.39 is 17.9 Å². The first-order valence-electron chi connectivity index (χ1n) is 16.5. The number of unbranched alkanes of at least 4 members (excludes halogenated alkanes) is 15. The van der Waals surface area contributed by atoms with Crippen molar-refractivity contribution in [2.24, 2.45) is 0 Å². The van der Waals surface area contributed by atoms with E-state index in [0.717, 1.165) is 62.8 Å². The zero-order chi connectivity index (χ0) is 29.7. The molecule has 0 aromatic rings. The molecule has 7 heteroatoms. The van der Waals surface area contributed by atoms with Gasteiger partial charge < -0.3 is 19.8 Å². The third-order valence-corrected chi connectivity index (χ3v) is 7.96. The summed E-state index contributed by atoms with van der Waals surface area (Å²) in [5.41, 5.74) is 0. The molecule has 0 bridgehead atoms. The molecule has 234 valence electrons. The van der Waals surface area contributed by atoms with E-state index in [1.165, 1.54) is 77.0 Å². The highest BCUT2D eigenvalue weighted by molar-refractivity contribution is 5.67. The van der Waals surface area contributed by atoms with Gasteiger partial charge in [-0.15, -0.1) is 0 Å². The average molecular weight is 569 g/mol. The molecule has 0 aromatic carbocycles. The molecular formula is C33H62NO6+. The molecule has 0 fully saturated rings. The monoisotopic (exact) mass is 568 g/mol. The van der Waals surface area contributed by atoms with E-state index in [9.17, 15) is 14.4 Å². The lowest BCUT2D eigenvalue weighted by atomic mass is 10.1. The number of aliphatic carboxylic acids is 3. The van der Waals surface area contributed by atoms with Gasteiger partial charge >= 0.3 is 17.9 Å². The van der Waals surface area contributed by atoms with Crippen LogP contribution in [0.25, 0.3) is 0 Å². The van der Waals surface area contributed by atoms with Crippen LogP contribution < -0.4 is 0 Å². The van der Waals surface area contributed by atoms with E-state index >= 15 is 0 Å². The summed E-state index contributed by atoms with van der Waals surface area (Å²) in [6.45, 7) is 5.92. The standard InChI is InChI=1S/C33H61NO6/c1-2-3-4-5-6-7-8-9-10-11-12-13-14-15-16-20-27-34(28-21-17-24-31(35)36,29-22-18-25-32(37)38)30-23-19-26-33(39)40/h10-11H,2-9,12-30H2,1H3,(H2-,35,36,37,38,39,40)/p+1/b11-10+. The Hall–Kier alpha value is -1.89. The van der Waals surface area contributed by atoms with Crippen molar-refractivity contribution >= 4 is 17.9 Å². The predicted molar refractivity (Wildman–Crippen MR) is 164 cm³/mol. The van der Waals surface area contributed by atoms with Gasteiger partial charge in [0, 0.05) is 19.3 Å². The molecule has 40 heavy (non-hydrogen) atoms. The van der Waals surface area contributed by atoms with E-state index in [-0.39, 0.29) is 19.3 Å². The average Bonchev–Trinajstić information content (AvgIpc) is 2.91. The van der Waals surface area contributed by atoms with Crippen molar-refractivity contribution in [1.82, 2.24) is 0 Å². The van der Waals surface area contributed by atoms with Crippen LogP contribution in [0.15, 0.2) is 12.2 Å². The van der Waals surface area contributed by atoms with Gasteiger partial charge in [-0.3, -0.25) is 14.4 Å². The molecule has 0 spiro atoms. The normalized spacial score (nSPS) is 11.8. The Morgan fingerprint density at radius 2 is 0.750 bits per heavy atom. The number of nitrogens with zero attached hydrogens (tertiary/aromatic N) is 1. The van der Waals surface area contributed by atoms with Gasteiger partial charge in [0.25, 0.3) is 0 Å². The smallest absolute Gasteiger partial charge is 0.303 e. The molecule has 0 heterocycles. The summed E-state index contributed by atoms with van der Waals surface area (Å²) in [5, 5.41) is 27.1. The topological polar surface area (TPSA) is 112 Å². The predicted octanol–water partition coefficient (Wildman–Crippen LogP) is 8.61. The molecule has 0 aliphatic heterocycles. The number of quaternary nitrogens is 1. The minimum atomic E-state index is -0.770. The minimum Gasteiger partial charge on any atom is -0.481 e. The van der Waals surface area contributed by atoms with Crippen LogP contribution in [0, 0.1) is 0 Å². The number of carboxylic acids is 3. The molecule has 0 aromatic heterocycles. The first-order valence-corrected chi connectivity index (χ1v) is 16.5. The van der Waals surface area contributed by atoms with Crippen LogP contribution in [-0.4, -0.2) is 63.9 Å². The van der Waals surface area contributed by atoms with E-state index in [1.54, 1.807) is 0 Å². The lowest BCUT2D eigenvalue weighted by Crippen LogP contribution is -2.51. The summed E-state index contributed by atoms with van der Waals surface area (Å²) in [7, 11) is 0. The van der Waals surface area contributed by atoms with Crippen LogP contribution in [0.4, 0.5) is 0 Å². The van der Waals surface area contributed by atoms with Crippen LogP contribution in [0.2, 0.25) is 0 Å². The number of hydrogen-bond donors (Lipinski definition) is 3. The molecule has 0 radical (unpaired) electrons. The second-order valence-electron chi connectivity index (χ2n) is 11.7. The molecule has 7 nitrogen and oxygen atoms in total. The number of rotatable bonds is 31. The van der Waals surface area contributed by atoms with Gasteiger partial charge in [-0.2, -0.15) is 0 Å². The third-order valence-electron chi connectivity index (χ3n) is 7.96. The van der Waals surface area contributed by atoms with Gasteiger partial charge in [0.1, 0.15) is 0 Å². The summed E-state index contributed by atoms with van der Waals surface area (Å²) in [5.74, 6) is -2.31. The second-order valence-corrected chi connectivity index (χ2v) is 11.7. The van der Waals surface area contributed by atoms with Gasteiger partial charge in [0.2, 0.25) is 0 Å². The van der Waals surface area contributed by atoms with Crippen molar-refractivity contribution in [3.05, 3.63) is 12.2 Å². The van der Waals surface area contributed by atoms with Crippen LogP contribution in [0.3, 0.4) is 0 Å². The molecule has 0 amide bonds. The summed E-state index contributed by atoms with van der Waals surface area (Å²) in [6, 6.07) is 0. The van der Waals surface area contributed by atoms with Crippen molar-refractivity contribution in [2.45, 2.75) is 155 Å². The van der Waals surface area contributed by atoms with Crippen LogP contribution in [-0.2, 0) is 14.4 Å². The van der Waals surface area contributed by atoms with Crippen molar-refractivity contribution in [3.63, 3.8) is 0 Å². The number of carboxylic acid groups (broad SMARTS) is 3. The molecule has 0 unspecified atom stereocenters. The molecule has 0 rings (SSSR count). The Morgan fingerprint density at radius 1 is 0.450 bits per heavy atom. The Balaban J connectivity index is 4.48. The number of allylic oxidation sites excluding steroid dienone is 2. The molecule has 0 aliphatic carbocycles. The first kappa shape index (κ1) is 38.1. The number of carbonyl (C=O) groups is 3. The van der Waals surface area contributed by atoms with E-state index in [1.807, 2.05) is 0 Å². The highest BCUT2D eigenvalue weighted by atomic mass is 16.4. The molecule has 0 saturated heterocycles. The fourth-order valence-electron chi connectivity index (χ4n) is 5.54. The van der Waals surface area contributed by atoms with Gasteiger partial charge in [0.05, 0.1) is 26.2 Å². The fourth-order valence-corrected chi connectivity index (χ4v) is 5.54. The van der Waals surface area contributed by atoms with Crippen LogP contribution >= 0.6 is 0 Å². The zero-order valence-corrected chi connectivity index (χ0v) is 25.8. The van der Waals surface area contributed by atoms with E-state index in [0.29, 0.717) is 19.3 Å². The second kappa shape index (κ2) is 27.3. The van der Waals surface area contributed by atoms with Crippen LogP contribution in [0.5, 0.6) is 0 Å². The molecule has 0 saturated carbocycles. The highest BCUT2D eigenvalue weighted by Crippen LogP contribution is 2.19. The third kappa shape index (κ3) is 26.3. The van der Waals surface area contributed by atoms with E-state index in [4.69, 9.17) is 15.3 Å². The molecule has 3 N–H and O–H groups in total. The Morgan fingerprint density at radius 3 is 1.10 bits per heavy atom. The van der Waals surface area contributed by atoms with Gasteiger partial charge in [-0.25, -0.2) is 0 Å². The zero-order valence-electron chi connectivity index (χ0n) is 25.8. The number of hydrogen-bond acceptors (Lipinski definition) is 3. The summed E-state index contributed by atoms with van der Waals surface area (Å²) >= 11 is 0. The maximum absolute atomic E-state index is 11.0. The SMILES string of the molecule is CCCCCCCCC/C=C/CCCCCCC[N+](CCCCC(=O)O)(CCCCC(=O)O)CCCCC(=O)O. The molecular weight excluding hydrogens is 506 g/mol. The van der Waals surface area contributed by atoms with Crippen molar-refractivity contribution in [3.8, 4) is 0 Å². The van der Waals surface area contributed by atoms with Gasteiger partial charge in [0.15, 0.2) is 0 Å². The van der Waals surface area contributed by atoms with Crippen molar-refractivity contribution < 1.29 is 34.2 Å². The van der Waals surface area contributed by atoms with Crippen molar-refractivity contribution in [2.75, 3.05) is 26.2 Å². The van der Waals surface area contributed by atoms with Gasteiger partial charge in [-0.05, 0) is 77.0 Å². The summed E-state index contributed by atoms with van der Waals surface area (Å²) in [4.78, 5) is 33.0. The first-order chi connectivity index (χ1) is 19.3. The maximum atomic E-state index is 11.0. The lowest BCUT2D eigenvalue weighted by molar-refractivity contribution is -0.929. The Kier molecular flexibility index (Phi) is 26.0. The molecule has 0 aliphatic rings. The summed E-state index contributed by atoms with van der Waals surface area (Å²) in [6.07, 6.45) is 27.5. The van der Waals surface area contributed by atoms with E-state index in [2.05, 4.69) is 19.1 Å². The largest absolute Gasteiger partial charge is 0.481 e. The minimum absolute atomic E-state index is 0.172. The maximum Gasteiger partial charge on any atom is 0.303 e. The quantitative estimate of drug-likeness (QED) is 0.0438. The van der Waals surface area contributed by atoms with Crippen molar-refractivity contribution in [1.29, 1.82) is 0 Å². The summed E-state index contributed by atoms with van der Waals surface area (Å²) < 4.78 is 0.861. The highest BCUT2D eigenvalue weighted by Gasteiger charge is 2.26. The fraction of sp³-hybridized carbons (Fsp3) is 0.848. The Bertz CT molecular complexity index is 608. The lowest BCUT2D eigenvalue weighted by Gasteiger charge is -2.39. The van der Waals surface area contributed by atoms with Crippen LogP contribution in [0.1, 0.15) is 155 Å².